The largest absolute Gasteiger partial charge is 0.475 e. The standard InChI is InChI=1S/C35H41F3N6O5/c1-22-29(16-26(19-39-22)41-31(45)23-6-5-7-25(14-23)35(36,37)38)24-15-30(42-8-11-47-12-9-42)32(40-18-24)48-13-10-43-20-28-17-27(43)21-44(28)33(46)49-34(2,3)4/h5-7,14-16,18-19,27-28H,8-13,17,20-21H2,1-4H3,(H,41,45). The Morgan fingerprint density at radius 3 is 2.49 bits per heavy atom. The second-order valence-electron chi connectivity index (χ2n) is 13.6. The smallest absolute Gasteiger partial charge is 0.416 e. The van der Waals surface area contributed by atoms with Crippen LogP contribution in [0, 0.1) is 6.92 Å². The molecule has 2 atom stereocenters. The maximum absolute atomic E-state index is 13.2. The molecule has 0 saturated carbocycles. The van der Waals surface area contributed by atoms with Crippen molar-refractivity contribution in [3.05, 3.63) is 65.6 Å². The number of aryl methyl sites for hydroxylation is 1. The minimum absolute atomic E-state index is 0.114. The number of fused-ring (bicyclic) bond motifs is 2. The van der Waals surface area contributed by atoms with Crippen LogP contribution in [0.2, 0.25) is 0 Å². The predicted octanol–water partition coefficient (Wildman–Crippen LogP) is 5.63. The lowest BCUT2D eigenvalue weighted by molar-refractivity contribution is -0.137. The summed E-state index contributed by atoms with van der Waals surface area (Å²) in [4.78, 5) is 41.0. The summed E-state index contributed by atoms with van der Waals surface area (Å²) in [6, 6.07) is 8.37. The zero-order chi connectivity index (χ0) is 34.9. The van der Waals surface area contributed by atoms with Crippen LogP contribution in [0.5, 0.6) is 5.88 Å². The molecule has 262 valence electrons. The summed E-state index contributed by atoms with van der Waals surface area (Å²) < 4.78 is 57.1. The van der Waals surface area contributed by atoms with E-state index in [2.05, 4.69) is 20.1 Å². The molecule has 2 unspecified atom stereocenters. The first kappa shape index (κ1) is 34.4. The van der Waals surface area contributed by atoms with Crippen molar-refractivity contribution in [1.29, 1.82) is 0 Å². The van der Waals surface area contributed by atoms with E-state index in [4.69, 9.17) is 19.2 Å². The Morgan fingerprint density at radius 2 is 1.80 bits per heavy atom. The highest BCUT2D eigenvalue weighted by Gasteiger charge is 2.46. The number of alkyl halides is 3. The van der Waals surface area contributed by atoms with E-state index in [1.54, 1.807) is 12.3 Å². The first-order valence-electron chi connectivity index (χ1n) is 16.4. The van der Waals surface area contributed by atoms with Crippen LogP contribution in [0.4, 0.5) is 29.3 Å². The number of piperazine rings is 1. The Balaban J connectivity index is 1.14. The zero-order valence-corrected chi connectivity index (χ0v) is 28.0. The van der Waals surface area contributed by atoms with Gasteiger partial charge in [0.05, 0.1) is 30.7 Å². The van der Waals surface area contributed by atoms with E-state index in [0.29, 0.717) is 68.8 Å². The summed E-state index contributed by atoms with van der Waals surface area (Å²) in [6.45, 7) is 12.4. The van der Waals surface area contributed by atoms with Crippen molar-refractivity contribution in [3.63, 3.8) is 0 Å². The summed E-state index contributed by atoms with van der Waals surface area (Å²) in [5.74, 6) is -0.188. The molecule has 1 N–H and O–H groups in total. The quantitative estimate of drug-likeness (QED) is 0.323. The van der Waals surface area contributed by atoms with E-state index in [1.165, 1.54) is 18.3 Å². The van der Waals surface area contributed by atoms with E-state index in [9.17, 15) is 22.8 Å². The number of hydrogen-bond acceptors (Lipinski definition) is 9. The number of carbonyl (C=O) groups excluding carboxylic acids is 2. The molecule has 0 radical (unpaired) electrons. The van der Waals surface area contributed by atoms with Crippen molar-refractivity contribution < 1.29 is 37.0 Å². The molecule has 2 bridgehead atoms. The van der Waals surface area contributed by atoms with Crippen molar-refractivity contribution in [1.82, 2.24) is 19.8 Å². The molecule has 6 rings (SSSR count). The normalized spacial score (nSPS) is 19.7. The van der Waals surface area contributed by atoms with Crippen molar-refractivity contribution in [2.24, 2.45) is 0 Å². The average molecular weight is 683 g/mol. The van der Waals surface area contributed by atoms with Gasteiger partial charge < -0.3 is 29.3 Å². The number of nitrogens with zero attached hydrogens (tertiary/aromatic N) is 5. The van der Waals surface area contributed by atoms with Gasteiger partial charge in [-0.25, -0.2) is 9.78 Å². The van der Waals surface area contributed by atoms with Gasteiger partial charge in [0.2, 0.25) is 5.88 Å². The number of anilines is 2. The molecular weight excluding hydrogens is 641 g/mol. The van der Waals surface area contributed by atoms with Crippen LogP contribution in [-0.2, 0) is 15.7 Å². The summed E-state index contributed by atoms with van der Waals surface area (Å²) in [5.41, 5.74) is 1.73. The highest BCUT2D eigenvalue weighted by atomic mass is 19.4. The van der Waals surface area contributed by atoms with Gasteiger partial charge in [0, 0.05) is 73.4 Å². The number of halogens is 3. The van der Waals surface area contributed by atoms with Gasteiger partial charge in [-0.1, -0.05) is 6.07 Å². The van der Waals surface area contributed by atoms with Gasteiger partial charge in [-0.3, -0.25) is 14.7 Å². The Morgan fingerprint density at radius 1 is 1.02 bits per heavy atom. The molecule has 3 aromatic rings. The van der Waals surface area contributed by atoms with Crippen LogP contribution < -0.4 is 15.0 Å². The molecule has 1 aromatic carbocycles. The molecule has 3 saturated heterocycles. The number of nitrogens with one attached hydrogen (secondary N) is 1. The number of pyridine rings is 2. The third-order valence-electron chi connectivity index (χ3n) is 8.89. The van der Waals surface area contributed by atoms with Crippen LogP contribution >= 0.6 is 0 Å². The SMILES string of the molecule is Cc1ncc(NC(=O)c2cccc(C(F)(F)F)c2)cc1-c1cnc(OCCN2CC3CC2CN3C(=O)OC(C)(C)C)c(N2CCOCC2)c1. The van der Waals surface area contributed by atoms with Crippen LogP contribution in [0.25, 0.3) is 11.1 Å². The lowest BCUT2D eigenvalue weighted by Crippen LogP contribution is -2.50. The number of amides is 2. The third kappa shape index (κ3) is 8.07. The first-order valence-corrected chi connectivity index (χ1v) is 16.4. The Kier molecular flexibility index (Phi) is 9.72. The minimum Gasteiger partial charge on any atom is -0.475 e. The molecule has 3 aliphatic heterocycles. The predicted molar refractivity (Wildman–Crippen MR) is 177 cm³/mol. The number of hydrogen-bond donors (Lipinski definition) is 1. The zero-order valence-electron chi connectivity index (χ0n) is 28.0. The Labute approximate surface area is 283 Å². The van der Waals surface area contributed by atoms with Crippen molar-refractivity contribution in [3.8, 4) is 17.0 Å². The highest BCUT2D eigenvalue weighted by molar-refractivity contribution is 6.04. The summed E-state index contributed by atoms with van der Waals surface area (Å²) in [5, 5.41) is 2.67. The van der Waals surface area contributed by atoms with Gasteiger partial charge in [-0.15, -0.1) is 0 Å². The molecule has 11 nitrogen and oxygen atoms in total. The van der Waals surface area contributed by atoms with E-state index in [0.717, 1.165) is 36.3 Å². The lowest BCUT2D eigenvalue weighted by atomic mass is 10.0. The molecule has 0 aliphatic carbocycles. The molecule has 14 heteroatoms. The van der Waals surface area contributed by atoms with Crippen LogP contribution in [0.1, 0.15) is 48.8 Å². The topological polar surface area (TPSA) is 109 Å². The number of likely N-dealkylation sites (tertiary alicyclic amines) is 2. The highest BCUT2D eigenvalue weighted by Crippen LogP contribution is 2.35. The fourth-order valence-electron chi connectivity index (χ4n) is 6.49. The molecule has 3 aliphatic rings. The molecule has 3 fully saturated rings. The van der Waals surface area contributed by atoms with Gasteiger partial charge in [0.15, 0.2) is 0 Å². The van der Waals surface area contributed by atoms with E-state index in [-0.39, 0.29) is 23.7 Å². The van der Waals surface area contributed by atoms with Gasteiger partial charge >= 0.3 is 12.3 Å². The third-order valence-corrected chi connectivity index (χ3v) is 8.89. The van der Waals surface area contributed by atoms with Crippen molar-refractivity contribution >= 4 is 23.4 Å². The maximum atomic E-state index is 13.2. The van der Waals surface area contributed by atoms with Crippen molar-refractivity contribution in [2.75, 3.05) is 62.8 Å². The monoisotopic (exact) mass is 682 g/mol. The molecule has 2 aromatic heterocycles. The minimum atomic E-state index is -4.56. The lowest BCUT2D eigenvalue weighted by Gasteiger charge is -2.35. The van der Waals surface area contributed by atoms with Gasteiger partial charge in [-0.2, -0.15) is 13.2 Å². The number of aromatic nitrogens is 2. The fraction of sp³-hybridized carbons (Fsp3) is 0.486. The first-order chi connectivity index (χ1) is 23.2. The van der Waals surface area contributed by atoms with Gasteiger partial charge in [0.25, 0.3) is 5.91 Å². The number of ether oxygens (including phenoxy) is 3. The number of benzene rings is 1. The molecule has 0 spiro atoms. The van der Waals surface area contributed by atoms with Crippen LogP contribution in [-0.4, -0.2) is 102 Å². The molecule has 5 heterocycles. The maximum Gasteiger partial charge on any atom is 0.416 e. The average Bonchev–Trinajstić information content (AvgIpc) is 3.66. The molecular formula is C35H41F3N6O5. The number of morpholine rings is 1. The van der Waals surface area contributed by atoms with Crippen LogP contribution in [0.15, 0.2) is 48.8 Å². The Hall–Kier alpha value is -4.43. The molecule has 49 heavy (non-hydrogen) atoms. The fourth-order valence-corrected chi connectivity index (χ4v) is 6.49. The summed E-state index contributed by atoms with van der Waals surface area (Å²) >= 11 is 0. The number of rotatable bonds is 8. The van der Waals surface area contributed by atoms with Crippen molar-refractivity contribution in [2.45, 2.75) is 58.0 Å². The van der Waals surface area contributed by atoms with Crippen LogP contribution in [0.3, 0.4) is 0 Å². The second kappa shape index (κ2) is 13.8. The van der Waals surface area contributed by atoms with Gasteiger partial charge in [0.1, 0.15) is 17.9 Å². The number of carbonyl (C=O) groups is 2. The van der Waals surface area contributed by atoms with E-state index in [1.807, 2.05) is 38.7 Å². The van der Waals surface area contributed by atoms with Gasteiger partial charge in [-0.05, 0) is 64.4 Å². The summed E-state index contributed by atoms with van der Waals surface area (Å²) in [7, 11) is 0. The van der Waals surface area contributed by atoms with E-state index >= 15 is 0 Å². The second-order valence-corrected chi connectivity index (χ2v) is 13.6. The molecule has 2 amide bonds. The Bertz CT molecular complexity index is 1690. The van der Waals surface area contributed by atoms with E-state index < -0.39 is 23.2 Å². The summed E-state index contributed by atoms with van der Waals surface area (Å²) in [6.07, 6.45) is -0.745.